The fourth-order valence-electron chi connectivity index (χ4n) is 2.19. The number of hydrogen-bond acceptors (Lipinski definition) is 6. The highest BCUT2D eigenvalue weighted by Crippen LogP contribution is 2.21. The first kappa shape index (κ1) is 11.2. The molecule has 0 spiro atoms. The Balaban J connectivity index is 1.75. The van der Waals surface area contributed by atoms with Gasteiger partial charge in [-0.05, 0) is 19.4 Å². The molecule has 0 saturated carbocycles. The molecule has 0 amide bonds. The summed E-state index contributed by atoms with van der Waals surface area (Å²) in [5.74, 6) is 1.19. The van der Waals surface area contributed by atoms with Crippen LogP contribution in [0.5, 0.6) is 5.88 Å². The maximum atomic E-state index is 5.76. The van der Waals surface area contributed by atoms with Crippen LogP contribution in [0, 0.1) is 5.92 Å². The summed E-state index contributed by atoms with van der Waals surface area (Å²) in [4.78, 5) is 15.2. The number of imidazole rings is 1. The van der Waals surface area contributed by atoms with E-state index in [4.69, 9.17) is 10.5 Å². The van der Waals surface area contributed by atoms with Crippen LogP contribution in [0.4, 0.5) is 5.95 Å². The molecule has 18 heavy (non-hydrogen) atoms. The van der Waals surface area contributed by atoms with Gasteiger partial charge in [-0.2, -0.15) is 9.97 Å². The maximum absolute atomic E-state index is 5.76. The lowest BCUT2D eigenvalue weighted by Gasteiger charge is -2.22. The van der Waals surface area contributed by atoms with Gasteiger partial charge in [0.25, 0.3) is 0 Å². The molecular formula is C11H16N6O. The number of rotatable bonds is 3. The zero-order valence-corrected chi connectivity index (χ0v) is 10.0. The third-order valence-electron chi connectivity index (χ3n) is 3.12. The maximum Gasteiger partial charge on any atom is 0.245 e. The fourth-order valence-corrected chi connectivity index (χ4v) is 2.19. The van der Waals surface area contributed by atoms with E-state index in [0.29, 0.717) is 29.6 Å². The van der Waals surface area contributed by atoms with Crippen LogP contribution >= 0.6 is 0 Å². The molecule has 3 rings (SSSR count). The highest BCUT2D eigenvalue weighted by atomic mass is 16.5. The van der Waals surface area contributed by atoms with Crippen molar-refractivity contribution in [2.24, 2.45) is 5.92 Å². The van der Waals surface area contributed by atoms with Gasteiger partial charge in [0.05, 0.1) is 12.9 Å². The van der Waals surface area contributed by atoms with Crippen LogP contribution in [0.1, 0.15) is 12.8 Å². The van der Waals surface area contributed by atoms with Crippen molar-refractivity contribution in [1.29, 1.82) is 0 Å². The quantitative estimate of drug-likeness (QED) is 0.722. The summed E-state index contributed by atoms with van der Waals surface area (Å²) in [6.45, 7) is 2.73. The predicted molar refractivity (Wildman–Crippen MR) is 67.2 cm³/mol. The second-order valence-corrected chi connectivity index (χ2v) is 4.51. The van der Waals surface area contributed by atoms with Gasteiger partial charge in [-0.1, -0.05) is 0 Å². The Morgan fingerprint density at radius 2 is 2.39 bits per heavy atom. The summed E-state index contributed by atoms with van der Waals surface area (Å²) in [5, 5.41) is 3.36. The Hall–Kier alpha value is -1.89. The van der Waals surface area contributed by atoms with Gasteiger partial charge in [-0.25, -0.2) is 4.98 Å². The zero-order valence-electron chi connectivity index (χ0n) is 10.0. The molecular weight excluding hydrogens is 232 g/mol. The normalized spacial score (nSPS) is 20.1. The molecule has 1 saturated heterocycles. The lowest BCUT2D eigenvalue weighted by molar-refractivity contribution is 0.214. The van der Waals surface area contributed by atoms with Crippen LogP contribution in [0.15, 0.2) is 6.33 Å². The third kappa shape index (κ3) is 2.21. The van der Waals surface area contributed by atoms with E-state index < -0.39 is 0 Å². The first-order chi connectivity index (χ1) is 8.83. The monoisotopic (exact) mass is 248 g/mol. The molecule has 96 valence electrons. The van der Waals surface area contributed by atoms with Crippen LogP contribution in [0.3, 0.4) is 0 Å². The summed E-state index contributed by atoms with van der Waals surface area (Å²) < 4.78 is 5.76. The van der Waals surface area contributed by atoms with Gasteiger partial charge in [0, 0.05) is 12.5 Å². The zero-order chi connectivity index (χ0) is 12.4. The summed E-state index contributed by atoms with van der Waals surface area (Å²) in [6.07, 6.45) is 3.94. The topological polar surface area (TPSA) is 102 Å². The number of ether oxygens (including phenoxy) is 1. The number of H-pyrrole nitrogens is 1. The molecule has 4 N–H and O–H groups in total. The molecule has 2 aromatic heterocycles. The minimum absolute atomic E-state index is 0.186. The Morgan fingerprint density at radius 3 is 3.22 bits per heavy atom. The number of nitrogen functional groups attached to an aromatic ring is 1. The van der Waals surface area contributed by atoms with Crippen LogP contribution in [0.2, 0.25) is 0 Å². The van der Waals surface area contributed by atoms with E-state index in [-0.39, 0.29) is 5.95 Å². The number of nitrogens with zero attached hydrogens (tertiary/aromatic N) is 3. The molecule has 1 unspecified atom stereocenters. The minimum atomic E-state index is 0.186. The second-order valence-electron chi connectivity index (χ2n) is 4.51. The number of aromatic amines is 1. The predicted octanol–water partition coefficient (Wildman–Crippen LogP) is 0.313. The average molecular weight is 248 g/mol. The first-order valence-corrected chi connectivity index (χ1v) is 6.13. The van der Waals surface area contributed by atoms with Gasteiger partial charge in [0.2, 0.25) is 11.8 Å². The number of piperidine rings is 1. The average Bonchev–Trinajstić information content (AvgIpc) is 2.85. The van der Waals surface area contributed by atoms with Crippen molar-refractivity contribution >= 4 is 17.1 Å². The van der Waals surface area contributed by atoms with Crippen LogP contribution in [0.25, 0.3) is 11.2 Å². The summed E-state index contributed by atoms with van der Waals surface area (Å²) in [7, 11) is 0. The number of hydrogen-bond donors (Lipinski definition) is 3. The van der Waals surface area contributed by atoms with Crippen molar-refractivity contribution in [3.8, 4) is 5.88 Å². The lowest BCUT2D eigenvalue weighted by Crippen LogP contribution is -2.33. The van der Waals surface area contributed by atoms with Crippen LogP contribution in [-0.4, -0.2) is 39.6 Å². The standard InChI is InChI=1S/C11H16N6O/c12-11-16-9-8(14-6-15-9)10(17-11)18-5-7-2-1-3-13-4-7/h6-7,13H,1-5H2,(H3,12,14,15,16,17). The molecule has 1 aliphatic heterocycles. The van der Waals surface area contributed by atoms with Gasteiger partial charge in [0.1, 0.15) is 5.52 Å². The van der Waals surface area contributed by atoms with Crippen molar-refractivity contribution < 1.29 is 4.74 Å². The molecule has 7 nitrogen and oxygen atoms in total. The number of nitrogens with two attached hydrogens (primary N) is 1. The molecule has 2 aromatic rings. The smallest absolute Gasteiger partial charge is 0.245 e. The highest BCUT2D eigenvalue weighted by molar-refractivity contribution is 5.76. The molecule has 1 fully saturated rings. The molecule has 1 atom stereocenters. The third-order valence-corrected chi connectivity index (χ3v) is 3.12. The van der Waals surface area contributed by atoms with E-state index in [2.05, 4.69) is 25.3 Å². The number of fused-ring (bicyclic) bond motifs is 1. The van der Waals surface area contributed by atoms with Crippen molar-refractivity contribution in [2.75, 3.05) is 25.4 Å². The summed E-state index contributed by atoms with van der Waals surface area (Å²) >= 11 is 0. The van der Waals surface area contributed by atoms with Gasteiger partial charge in [0.15, 0.2) is 5.65 Å². The number of anilines is 1. The summed E-state index contributed by atoms with van der Waals surface area (Å²) in [6, 6.07) is 0. The molecule has 7 heteroatoms. The lowest BCUT2D eigenvalue weighted by atomic mass is 10.0. The van der Waals surface area contributed by atoms with Crippen molar-refractivity contribution in [1.82, 2.24) is 25.3 Å². The largest absolute Gasteiger partial charge is 0.476 e. The fraction of sp³-hybridized carbons (Fsp3) is 0.545. The molecule has 0 bridgehead atoms. The van der Waals surface area contributed by atoms with E-state index in [1.807, 2.05) is 0 Å². The van der Waals surface area contributed by atoms with Gasteiger partial charge >= 0.3 is 0 Å². The van der Waals surface area contributed by atoms with Crippen molar-refractivity contribution in [2.45, 2.75) is 12.8 Å². The first-order valence-electron chi connectivity index (χ1n) is 6.13. The van der Waals surface area contributed by atoms with Crippen LogP contribution in [-0.2, 0) is 0 Å². The molecule has 1 aliphatic rings. The van der Waals surface area contributed by atoms with Gasteiger partial charge < -0.3 is 20.8 Å². The molecule has 0 aliphatic carbocycles. The molecule has 3 heterocycles. The molecule has 0 radical (unpaired) electrons. The Bertz CT molecular complexity index is 533. The second kappa shape index (κ2) is 4.77. The minimum Gasteiger partial charge on any atom is -0.476 e. The van der Waals surface area contributed by atoms with E-state index in [9.17, 15) is 0 Å². The van der Waals surface area contributed by atoms with Crippen molar-refractivity contribution in [3.05, 3.63) is 6.33 Å². The van der Waals surface area contributed by atoms with Crippen LogP contribution < -0.4 is 15.8 Å². The Labute approximate surface area is 104 Å². The van der Waals surface area contributed by atoms with Gasteiger partial charge in [-0.15, -0.1) is 0 Å². The van der Waals surface area contributed by atoms with E-state index in [0.717, 1.165) is 13.1 Å². The van der Waals surface area contributed by atoms with Gasteiger partial charge in [-0.3, -0.25) is 0 Å². The van der Waals surface area contributed by atoms with Crippen molar-refractivity contribution in [3.63, 3.8) is 0 Å². The Morgan fingerprint density at radius 1 is 1.44 bits per heavy atom. The number of aromatic nitrogens is 4. The molecule has 0 aromatic carbocycles. The Kier molecular flexibility index (Phi) is 2.97. The van der Waals surface area contributed by atoms with E-state index in [1.165, 1.54) is 12.8 Å². The number of nitrogens with one attached hydrogen (secondary N) is 2. The summed E-state index contributed by atoms with van der Waals surface area (Å²) in [5.41, 5.74) is 6.87. The van der Waals surface area contributed by atoms with E-state index in [1.54, 1.807) is 6.33 Å². The SMILES string of the molecule is Nc1nc(OCC2CCCNC2)c2[nH]cnc2n1. The van der Waals surface area contributed by atoms with E-state index >= 15 is 0 Å². The highest BCUT2D eigenvalue weighted by Gasteiger charge is 2.16.